The third kappa shape index (κ3) is 5.21. The second kappa shape index (κ2) is 9.53. The first-order valence-electron chi connectivity index (χ1n) is 9.78. The Balaban J connectivity index is 1.80. The van der Waals surface area contributed by atoms with Crippen molar-refractivity contribution >= 4 is 10.9 Å². The zero-order valence-electron chi connectivity index (χ0n) is 16.4. The number of pyridine rings is 1. The van der Waals surface area contributed by atoms with Crippen LogP contribution >= 0.6 is 0 Å². The first-order valence-corrected chi connectivity index (χ1v) is 9.78. The van der Waals surface area contributed by atoms with E-state index in [1.807, 2.05) is 42.5 Å². The van der Waals surface area contributed by atoms with Crippen molar-refractivity contribution in [1.29, 1.82) is 0 Å². The number of ether oxygens (including phenoxy) is 1. The fraction of sp³-hybridized carbons (Fsp3) is 0.348. The number of H-pyrrole nitrogens is 1. The van der Waals surface area contributed by atoms with E-state index in [1.54, 1.807) is 6.07 Å². The molecule has 0 spiro atoms. The van der Waals surface area contributed by atoms with Crippen LogP contribution in [0.15, 0.2) is 59.4 Å². The Morgan fingerprint density at radius 1 is 1.07 bits per heavy atom. The van der Waals surface area contributed by atoms with E-state index in [9.17, 15) is 9.90 Å². The van der Waals surface area contributed by atoms with E-state index in [4.69, 9.17) is 4.74 Å². The summed E-state index contributed by atoms with van der Waals surface area (Å²) in [6, 6.07) is 17.3. The summed E-state index contributed by atoms with van der Waals surface area (Å²) < 4.78 is 5.96. The average molecular weight is 380 g/mol. The summed E-state index contributed by atoms with van der Waals surface area (Å²) in [5.41, 5.74) is 2.30. The number of hydrogen-bond donors (Lipinski definition) is 3. The predicted octanol–water partition coefficient (Wildman–Crippen LogP) is 3.92. The molecule has 1 atom stereocenters. The zero-order chi connectivity index (χ0) is 19.9. The van der Waals surface area contributed by atoms with E-state index >= 15 is 0 Å². The van der Waals surface area contributed by atoms with Crippen LogP contribution in [-0.4, -0.2) is 22.7 Å². The van der Waals surface area contributed by atoms with E-state index in [0.29, 0.717) is 30.3 Å². The Labute approximate surface area is 165 Å². The summed E-state index contributed by atoms with van der Waals surface area (Å²) >= 11 is 0. The first kappa shape index (κ1) is 20.1. The van der Waals surface area contributed by atoms with Crippen molar-refractivity contribution in [1.82, 2.24) is 10.3 Å². The van der Waals surface area contributed by atoms with Gasteiger partial charge in [0.2, 0.25) is 5.56 Å². The highest BCUT2D eigenvalue weighted by Crippen LogP contribution is 2.31. The molecule has 0 aliphatic carbocycles. The second-order valence-electron chi connectivity index (χ2n) is 7.31. The molecule has 0 amide bonds. The standard InChI is InChI=1S/C23H28N2O3/c1-16(2)24-14-6-9-20(26)18-10-12-21(23-19(18)11-13-22(27)25-23)28-15-17-7-4-3-5-8-17/h3-5,7-8,10-13,16,20,24,26H,6,9,14-15H2,1-2H3,(H,25,27). The highest BCUT2D eigenvalue weighted by atomic mass is 16.5. The lowest BCUT2D eigenvalue weighted by Crippen LogP contribution is -2.23. The number of aliphatic hydroxyl groups is 1. The van der Waals surface area contributed by atoms with Crippen LogP contribution in [0.4, 0.5) is 0 Å². The summed E-state index contributed by atoms with van der Waals surface area (Å²) in [5.74, 6) is 0.606. The molecule has 0 aliphatic rings. The number of aromatic amines is 1. The Hall–Kier alpha value is -2.63. The van der Waals surface area contributed by atoms with Crippen molar-refractivity contribution < 1.29 is 9.84 Å². The summed E-state index contributed by atoms with van der Waals surface area (Å²) in [6.07, 6.45) is 0.930. The van der Waals surface area contributed by atoms with E-state index < -0.39 is 6.10 Å². The molecule has 0 saturated heterocycles. The van der Waals surface area contributed by atoms with Gasteiger partial charge in [0.25, 0.3) is 0 Å². The van der Waals surface area contributed by atoms with Crippen LogP contribution in [0.2, 0.25) is 0 Å². The third-order valence-corrected chi connectivity index (χ3v) is 4.69. The Kier molecular flexibility index (Phi) is 6.85. The van der Waals surface area contributed by atoms with Gasteiger partial charge in [-0.3, -0.25) is 4.79 Å². The number of rotatable bonds is 9. The monoisotopic (exact) mass is 380 g/mol. The zero-order valence-corrected chi connectivity index (χ0v) is 16.4. The lowest BCUT2D eigenvalue weighted by atomic mass is 9.99. The predicted molar refractivity (Wildman–Crippen MR) is 113 cm³/mol. The van der Waals surface area contributed by atoms with Crippen molar-refractivity contribution in [2.75, 3.05) is 6.54 Å². The van der Waals surface area contributed by atoms with Crippen LogP contribution < -0.4 is 15.6 Å². The Morgan fingerprint density at radius 3 is 2.61 bits per heavy atom. The van der Waals surface area contributed by atoms with Crippen molar-refractivity contribution in [2.45, 2.75) is 45.4 Å². The van der Waals surface area contributed by atoms with Gasteiger partial charge < -0.3 is 20.1 Å². The van der Waals surface area contributed by atoms with Crippen molar-refractivity contribution in [3.63, 3.8) is 0 Å². The van der Waals surface area contributed by atoms with Crippen molar-refractivity contribution in [2.24, 2.45) is 0 Å². The molecule has 0 bridgehead atoms. The number of hydrogen-bond acceptors (Lipinski definition) is 4. The summed E-state index contributed by atoms with van der Waals surface area (Å²) in [5, 5.41) is 14.9. The minimum Gasteiger partial charge on any atom is -0.487 e. The molecule has 1 aromatic heterocycles. The Morgan fingerprint density at radius 2 is 1.86 bits per heavy atom. The molecule has 5 heteroatoms. The lowest BCUT2D eigenvalue weighted by Gasteiger charge is -2.17. The molecule has 0 aliphatic heterocycles. The normalized spacial score (nSPS) is 12.4. The lowest BCUT2D eigenvalue weighted by molar-refractivity contribution is 0.165. The molecular formula is C23H28N2O3. The van der Waals surface area contributed by atoms with Gasteiger partial charge in [0.1, 0.15) is 12.4 Å². The minimum absolute atomic E-state index is 0.190. The number of aliphatic hydroxyl groups excluding tert-OH is 1. The molecule has 1 heterocycles. The third-order valence-electron chi connectivity index (χ3n) is 4.69. The van der Waals surface area contributed by atoms with E-state index in [1.165, 1.54) is 6.07 Å². The van der Waals surface area contributed by atoms with Gasteiger partial charge in [-0.05, 0) is 42.6 Å². The van der Waals surface area contributed by atoms with Gasteiger partial charge in [0, 0.05) is 17.5 Å². The molecule has 3 aromatic rings. The molecule has 3 rings (SSSR count). The fourth-order valence-electron chi connectivity index (χ4n) is 3.24. The molecule has 5 nitrogen and oxygen atoms in total. The molecular weight excluding hydrogens is 352 g/mol. The first-order chi connectivity index (χ1) is 13.5. The van der Waals surface area contributed by atoms with Gasteiger partial charge in [-0.15, -0.1) is 0 Å². The highest BCUT2D eigenvalue weighted by Gasteiger charge is 2.15. The van der Waals surface area contributed by atoms with Gasteiger partial charge in [-0.2, -0.15) is 0 Å². The molecule has 3 N–H and O–H groups in total. The van der Waals surface area contributed by atoms with Gasteiger partial charge in [-0.25, -0.2) is 0 Å². The van der Waals surface area contributed by atoms with Crippen LogP contribution in [-0.2, 0) is 6.61 Å². The smallest absolute Gasteiger partial charge is 0.248 e. The summed E-state index contributed by atoms with van der Waals surface area (Å²) in [7, 11) is 0. The van der Waals surface area contributed by atoms with Gasteiger partial charge in [0.05, 0.1) is 11.6 Å². The summed E-state index contributed by atoms with van der Waals surface area (Å²) in [4.78, 5) is 14.8. The topological polar surface area (TPSA) is 74.3 Å². The maximum atomic E-state index is 11.9. The number of fused-ring (bicyclic) bond motifs is 1. The van der Waals surface area contributed by atoms with Crippen LogP contribution in [0.25, 0.3) is 10.9 Å². The van der Waals surface area contributed by atoms with Crippen LogP contribution in [0.3, 0.4) is 0 Å². The quantitative estimate of drug-likeness (QED) is 0.492. The largest absolute Gasteiger partial charge is 0.487 e. The van der Waals surface area contributed by atoms with Crippen molar-refractivity contribution in [3.8, 4) is 5.75 Å². The van der Waals surface area contributed by atoms with Crippen LogP contribution in [0, 0.1) is 0 Å². The summed E-state index contributed by atoms with van der Waals surface area (Å²) in [6.45, 7) is 5.49. The van der Waals surface area contributed by atoms with E-state index in [2.05, 4.69) is 24.1 Å². The van der Waals surface area contributed by atoms with Gasteiger partial charge in [-0.1, -0.05) is 50.2 Å². The molecule has 1 unspecified atom stereocenters. The maximum Gasteiger partial charge on any atom is 0.248 e. The van der Waals surface area contributed by atoms with Gasteiger partial charge in [0.15, 0.2) is 0 Å². The fourth-order valence-corrected chi connectivity index (χ4v) is 3.24. The number of benzene rings is 2. The van der Waals surface area contributed by atoms with Gasteiger partial charge >= 0.3 is 0 Å². The van der Waals surface area contributed by atoms with Crippen molar-refractivity contribution in [3.05, 3.63) is 76.1 Å². The van der Waals surface area contributed by atoms with E-state index in [0.717, 1.165) is 29.5 Å². The molecule has 0 saturated carbocycles. The molecule has 148 valence electrons. The molecule has 2 aromatic carbocycles. The second-order valence-corrected chi connectivity index (χ2v) is 7.31. The van der Waals surface area contributed by atoms with Crippen LogP contribution in [0.5, 0.6) is 5.75 Å². The van der Waals surface area contributed by atoms with Crippen LogP contribution in [0.1, 0.15) is 43.9 Å². The maximum absolute atomic E-state index is 11.9. The minimum atomic E-state index is -0.592. The highest BCUT2D eigenvalue weighted by molar-refractivity contribution is 5.87. The number of nitrogens with one attached hydrogen (secondary N) is 2. The Bertz CT molecular complexity index is 951. The molecule has 0 fully saturated rings. The SMILES string of the molecule is CC(C)NCCCC(O)c1ccc(OCc2ccccc2)c2[nH]c(=O)ccc12. The average Bonchev–Trinajstić information content (AvgIpc) is 2.69. The van der Waals surface area contributed by atoms with E-state index in [-0.39, 0.29) is 5.56 Å². The number of aromatic nitrogens is 1. The molecule has 28 heavy (non-hydrogen) atoms. The molecule has 0 radical (unpaired) electrons.